The van der Waals surface area contributed by atoms with Gasteiger partial charge in [-0.1, -0.05) is 24.3 Å². The summed E-state index contributed by atoms with van der Waals surface area (Å²) in [6, 6.07) is 11.2. The van der Waals surface area contributed by atoms with Crippen molar-refractivity contribution in [3.05, 3.63) is 42.2 Å². The van der Waals surface area contributed by atoms with E-state index >= 15 is 0 Å². The molecule has 0 amide bonds. The molecular weight excluding hydrogens is 400 g/mol. The SMILES string of the molecule is c1nc(N2CCOCC2)c2cc(-c3ccc(CCN4CCC5(CC4)CNC5)cc3)[nH]c2n1. The van der Waals surface area contributed by atoms with Crippen LogP contribution in [0.5, 0.6) is 0 Å². The molecule has 1 spiro atoms. The Morgan fingerprint density at radius 3 is 2.47 bits per heavy atom. The minimum absolute atomic E-state index is 0.629. The number of aromatic nitrogens is 3. The van der Waals surface area contributed by atoms with Gasteiger partial charge < -0.3 is 24.8 Å². The molecule has 3 fully saturated rings. The van der Waals surface area contributed by atoms with Crippen LogP contribution < -0.4 is 10.2 Å². The molecule has 3 saturated heterocycles. The molecule has 7 heteroatoms. The van der Waals surface area contributed by atoms with Crippen LogP contribution in [0.2, 0.25) is 0 Å². The highest BCUT2D eigenvalue weighted by atomic mass is 16.5. The zero-order valence-electron chi connectivity index (χ0n) is 18.6. The number of rotatable bonds is 5. The van der Waals surface area contributed by atoms with Crippen LogP contribution >= 0.6 is 0 Å². The number of ether oxygens (including phenoxy) is 1. The molecule has 0 aliphatic carbocycles. The average Bonchev–Trinajstić information content (AvgIpc) is 3.27. The van der Waals surface area contributed by atoms with E-state index in [0.29, 0.717) is 5.41 Å². The quantitative estimate of drug-likeness (QED) is 0.646. The number of fused-ring (bicyclic) bond motifs is 1. The number of morpholine rings is 1. The number of likely N-dealkylation sites (tertiary alicyclic amines) is 1. The summed E-state index contributed by atoms with van der Waals surface area (Å²) in [4.78, 5) is 17.5. The van der Waals surface area contributed by atoms with Crippen LogP contribution in [0.3, 0.4) is 0 Å². The number of hydrogen-bond acceptors (Lipinski definition) is 6. The number of nitrogens with zero attached hydrogens (tertiary/aromatic N) is 4. The van der Waals surface area contributed by atoms with Gasteiger partial charge in [0.2, 0.25) is 0 Å². The number of aromatic amines is 1. The van der Waals surface area contributed by atoms with Gasteiger partial charge in [-0.2, -0.15) is 0 Å². The molecule has 168 valence electrons. The number of benzene rings is 1. The fourth-order valence-corrected chi connectivity index (χ4v) is 5.33. The molecule has 0 bridgehead atoms. The predicted molar refractivity (Wildman–Crippen MR) is 127 cm³/mol. The highest BCUT2D eigenvalue weighted by molar-refractivity contribution is 5.91. The molecule has 5 heterocycles. The Morgan fingerprint density at radius 2 is 1.75 bits per heavy atom. The van der Waals surface area contributed by atoms with Crippen LogP contribution in [0.25, 0.3) is 22.3 Å². The minimum atomic E-state index is 0.629. The lowest BCUT2D eigenvalue weighted by Gasteiger charge is -2.48. The summed E-state index contributed by atoms with van der Waals surface area (Å²) < 4.78 is 5.50. The van der Waals surface area contributed by atoms with E-state index in [1.54, 1.807) is 6.33 Å². The van der Waals surface area contributed by atoms with Gasteiger partial charge in [-0.15, -0.1) is 0 Å². The van der Waals surface area contributed by atoms with E-state index in [1.807, 2.05) is 0 Å². The van der Waals surface area contributed by atoms with Gasteiger partial charge in [-0.05, 0) is 55.0 Å². The lowest BCUT2D eigenvalue weighted by atomic mass is 9.73. The third kappa shape index (κ3) is 3.89. The highest BCUT2D eigenvalue weighted by Crippen LogP contribution is 2.35. The van der Waals surface area contributed by atoms with Crippen LogP contribution in [0.4, 0.5) is 5.82 Å². The van der Waals surface area contributed by atoms with E-state index in [2.05, 4.69) is 60.4 Å². The molecule has 2 aromatic heterocycles. The molecule has 32 heavy (non-hydrogen) atoms. The summed E-state index contributed by atoms with van der Waals surface area (Å²) in [6.45, 7) is 9.37. The Balaban J connectivity index is 1.12. The molecule has 0 saturated carbocycles. The van der Waals surface area contributed by atoms with Gasteiger partial charge in [0.15, 0.2) is 0 Å². The zero-order valence-corrected chi connectivity index (χ0v) is 18.6. The van der Waals surface area contributed by atoms with Crippen molar-refractivity contribution < 1.29 is 4.74 Å². The third-order valence-corrected chi connectivity index (χ3v) is 7.61. The first-order chi connectivity index (χ1) is 15.8. The molecule has 3 aromatic rings. The van der Waals surface area contributed by atoms with E-state index in [1.165, 1.54) is 50.1 Å². The van der Waals surface area contributed by atoms with Gasteiger partial charge in [-0.25, -0.2) is 9.97 Å². The first-order valence-corrected chi connectivity index (χ1v) is 12.0. The van der Waals surface area contributed by atoms with Crippen molar-refractivity contribution in [1.82, 2.24) is 25.2 Å². The van der Waals surface area contributed by atoms with Crippen molar-refractivity contribution in [3.63, 3.8) is 0 Å². The summed E-state index contributed by atoms with van der Waals surface area (Å²) in [5, 5.41) is 4.54. The van der Waals surface area contributed by atoms with Crippen molar-refractivity contribution in [3.8, 4) is 11.3 Å². The average molecular weight is 433 g/mol. The van der Waals surface area contributed by atoms with Crippen molar-refractivity contribution in [1.29, 1.82) is 0 Å². The topological polar surface area (TPSA) is 69.3 Å². The van der Waals surface area contributed by atoms with Gasteiger partial charge in [0.05, 0.1) is 18.6 Å². The first-order valence-electron chi connectivity index (χ1n) is 12.0. The second-order valence-electron chi connectivity index (χ2n) is 9.63. The van der Waals surface area contributed by atoms with E-state index in [9.17, 15) is 0 Å². The second-order valence-corrected chi connectivity index (χ2v) is 9.63. The van der Waals surface area contributed by atoms with Crippen LogP contribution in [-0.2, 0) is 11.2 Å². The molecule has 0 atom stereocenters. The van der Waals surface area contributed by atoms with Crippen LogP contribution in [0.15, 0.2) is 36.7 Å². The molecule has 1 aromatic carbocycles. The fraction of sp³-hybridized carbons (Fsp3) is 0.520. The summed E-state index contributed by atoms with van der Waals surface area (Å²) in [5.41, 5.74) is 5.22. The summed E-state index contributed by atoms with van der Waals surface area (Å²) in [7, 11) is 0. The number of piperidine rings is 1. The molecule has 6 rings (SSSR count). The molecule has 3 aliphatic rings. The normalized spacial score (nSPS) is 21.2. The summed E-state index contributed by atoms with van der Waals surface area (Å²) in [5.74, 6) is 0.999. The highest BCUT2D eigenvalue weighted by Gasteiger charge is 2.39. The standard InChI is InChI=1S/C25H32N6O/c1-3-20(4-2-19(1)5-8-30-9-6-25(7-10-30)16-26-17-25)22-15-21-23(29-22)27-18-28-24(21)31-11-13-32-14-12-31/h1-4,15,18,26H,5-14,16-17H2,(H,27,28,29). The van der Waals surface area contributed by atoms with Crippen molar-refractivity contribution in [2.75, 3.05) is 63.9 Å². The zero-order chi connectivity index (χ0) is 21.4. The largest absolute Gasteiger partial charge is 0.378 e. The number of H-pyrrole nitrogens is 1. The van der Waals surface area contributed by atoms with E-state index < -0.39 is 0 Å². The molecule has 0 radical (unpaired) electrons. The second kappa shape index (κ2) is 8.46. The maximum Gasteiger partial charge on any atom is 0.143 e. The number of nitrogens with one attached hydrogen (secondary N) is 2. The van der Waals surface area contributed by atoms with E-state index in [0.717, 1.165) is 61.8 Å². The Kier molecular flexibility index (Phi) is 5.33. The first kappa shape index (κ1) is 20.1. The fourth-order valence-electron chi connectivity index (χ4n) is 5.33. The predicted octanol–water partition coefficient (Wildman–Crippen LogP) is 2.69. The Labute approximate surface area is 189 Å². The summed E-state index contributed by atoms with van der Waals surface area (Å²) >= 11 is 0. The van der Waals surface area contributed by atoms with Crippen molar-refractivity contribution in [2.24, 2.45) is 5.41 Å². The number of hydrogen-bond donors (Lipinski definition) is 2. The summed E-state index contributed by atoms with van der Waals surface area (Å²) in [6.07, 6.45) is 5.48. The lowest BCUT2D eigenvalue weighted by Crippen LogP contribution is -2.58. The molecule has 0 unspecified atom stereocenters. The van der Waals surface area contributed by atoms with Gasteiger partial charge in [0.1, 0.15) is 17.8 Å². The third-order valence-electron chi connectivity index (χ3n) is 7.61. The van der Waals surface area contributed by atoms with Crippen molar-refractivity contribution >= 4 is 16.9 Å². The van der Waals surface area contributed by atoms with Crippen LogP contribution in [0, 0.1) is 5.41 Å². The molecule has 7 nitrogen and oxygen atoms in total. The minimum Gasteiger partial charge on any atom is -0.378 e. The van der Waals surface area contributed by atoms with Crippen LogP contribution in [-0.4, -0.2) is 78.9 Å². The van der Waals surface area contributed by atoms with Gasteiger partial charge in [0.25, 0.3) is 0 Å². The van der Waals surface area contributed by atoms with Gasteiger partial charge >= 0.3 is 0 Å². The Bertz CT molecular complexity index is 1060. The monoisotopic (exact) mass is 432 g/mol. The molecule has 2 N–H and O–H groups in total. The van der Waals surface area contributed by atoms with E-state index in [-0.39, 0.29) is 0 Å². The van der Waals surface area contributed by atoms with Gasteiger partial charge in [0, 0.05) is 38.4 Å². The maximum absolute atomic E-state index is 5.50. The Morgan fingerprint density at radius 1 is 0.969 bits per heavy atom. The number of anilines is 1. The van der Waals surface area contributed by atoms with Crippen molar-refractivity contribution in [2.45, 2.75) is 19.3 Å². The van der Waals surface area contributed by atoms with Crippen LogP contribution in [0.1, 0.15) is 18.4 Å². The lowest BCUT2D eigenvalue weighted by molar-refractivity contribution is 0.0560. The van der Waals surface area contributed by atoms with E-state index in [4.69, 9.17) is 4.74 Å². The van der Waals surface area contributed by atoms with Gasteiger partial charge in [-0.3, -0.25) is 0 Å². The molecule has 3 aliphatic heterocycles. The molecular formula is C25H32N6O. The maximum atomic E-state index is 5.50. The Hall–Kier alpha value is -2.48. The smallest absolute Gasteiger partial charge is 0.143 e.